The molecule has 1 unspecified atom stereocenters. The summed E-state index contributed by atoms with van der Waals surface area (Å²) < 4.78 is 0. The van der Waals surface area contributed by atoms with E-state index in [9.17, 15) is 4.79 Å². The van der Waals surface area contributed by atoms with Crippen LogP contribution >= 0.6 is 11.8 Å². The van der Waals surface area contributed by atoms with Crippen LogP contribution < -0.4 is 11.1 Å². The Morgan fingerprint density at radius 2 is 2.17 bits per heavy atom. The van der Waals surface area contributed by atoms with Crippen molar-refractivity contribution in [2.24, 2.45) is 5.73 Å². The van der Waals surface area contributed by atoms with Gasteiger partial charge in [-0.3, -0.25) is 4.79 Å². The van der Waals surface area contributed by atoms with Crippen LogP contribution in [0, 0.1) is 6.92 Å². The van der Waals surface area contributed by atoms with E-state index in [0.29, 0.717) is 6.54 Å². The molecule has 3 nitrogen and oxygen atoms in total. The molecular weight excluding hydrogens is 244 g/mol. The van der Waals surface area contributed by atoms with Crippen molar-refractivity contribution in [3.05, 3.63) is 48.0 Å². The zero-order valence-electron chi connectivity index (χ0n) is 10.7. The molecule has 0 radical (unpaired) electrons. The van der Waals surface area contributed by atoms with Crippen LogP contribution in [-0.4, -0.2) is 24.0 Å². The third-order valence-corrected chi connectivity index (χ3v) is 3.46. The van der Waals surface area contributed by atoms with Gasteiger partial charge in [0.15, 0.2) is 0 Å². The van der Waals surface area contributed by atoms with Gasteiger partial charge >= 0.3 is 0 Å². The first kappa shape index (κ1) is 14.8. The maximum atomic E-state index is 11.8. The monoisotopic (exact) mass is 264 g/mol. The lowest BCUT2D eigenvalue weighted by molar-refractivity contribution is -0.122. The van der Waals surface area contributed by atoms with E-state index in [4.69, 9.17) is 5.73 Å². The Morgan fingerprint density at radius 1 is 1.50 bits per heavy atom. The van der Waals surface area contributed by atoms with E-state index in [-0.39, 0.29) is 5.91 Å². The van der Waals surface area contributed by atoms with Gasteiger partial charge in [0, 0.05) is 18.1 Å². The summed E-state index contributed by atoms with van der Waals surface area (Å²) in [6.45, 7) is 6.28. The summed E-state index contributed by atoms with van der Waals surface area (Å²) in [7, 11) is 0. The lowest BCUT2D eigenvalue weighted by Gasteiger charge is -2.12. The molecule has 1 amide bonds. The quantitative estimate of drug-likeness (QED) is 0.585. The Bertz CT molecular complexity index is 389. The lowest BCUT2D eigenvalue weighted by atomic mass is 10.1. The average molecular weight is 264 g/mol. The van der Waals surface area contributed by atoms with E-state index in [1.807, 2.05) is 37.3 Å². The summed E-state index contributed by atoms with van der Waals surface area (Å²) in [5.41, 5.74) is 7.90. The number of hydrogen-bond acceptors (Lipinski definition) is 3. The SMILES string of the molecule is C=CCSCCNC(=O)C(N)c1ccc(C)cc1. The predicted molar refractivity (Wildman–Crippen MR) is 78.6 cm³/mol. The summed E-state index contributed by atoms with van der Waals surface area (Å²) in [5.74, 6) is 1.65. The highest BCUT2D eigenvalue weighted by Crippen LogP contribution is 2.11. The average Bonchev–Trinajstić information content (AvgIpc) is 2.38. The highest BCUT2D eigenvalue weighted by molar-refractivity contribution is 7.99. The minimum atomic E-state index is -0.588. The minimum absolute atomic E-state index is 0.127. The molecule has 0 aliphatic rings. The third kappa shape index (κ3) is 4.94. The first-order valence-electron chi connectivity index (χ1n) is 5.93. The van der Waals surface area contributed by atoms with E-state index in [2.05, 4.69) is 11.9 Å². The highest BCUT2D eigenvalue weighted by atomic mass is 32.2. The molecule has 1 aromatic rings. The molecule has 0 aliphatic heterocycles. The summed E-state index contributed by atoms with van der Waals surface area (Å²) in [4.78, 5) is 11.8. The van der Waals surface area contributed by atoms with Gasteiger partial charge in [-0.2, -0.15) is 11.8 Å². The molecule has 0 aliphatic carbocycles. The number of thioether (sulfide) groups is 1. The second-order valence-corrected chi connectivity index (χ2v) is 5.19. The van der Waals surface area contributed by atoms with Crippen molar-refractivity contribution in [2.75, 3.05) is 18.1 Å². The molecule has 0 spiro atoms. The van der Waals surface area contributed by atoms with Crippen molar-refractivity contribution in [3.63, 3.8) is 0 Å². The Labute approximate surface area is 113 Å². The first-order valence-corrected chi connectivity index (χ1v) is 7.09. The fourth-order valence-electron chi connectivity index (χ4n) is 1.45. The van der Waals surface area contributed by atoms with Gasteiger partial charge < -0.3 is 11.1 Å². The molecule has 4 heteroatoms. The molecule has 0 saturated carbocycles. The molecule has 1 rings (SSSR count). The van der Waals surface area contributed by atoms with Crippen molar-refractivity contribution < 1.29 is 4.79 Å². The summed E-state index contributed by atoms with van der Waals surface area (Å²) in [6.07, 6.45) is 1.85. The van der Waals surface area contributed by atoms with E-state index >= 15 is 0 Å². The van der Waals surface area contributed by atoms with E-state index in [0.717, 1.165) is 22.6 Å². The maximum absolute atomic E-state index is 11.8. The maximum Gasteiger partial charge on any atom is 0.241 e. The fourth-order valence-corrected chi connectivity index (χ4v) is 2.03. The largest absolute Gasteiger partial charge is 0.354 e. The number of nitrogens with one attached hydrogen (secondary N) is 1. The third-order valence-electron chi connectivity index (χ3n) is 2.50. The Morgan fingerprint density at radius 3 is 2.78 bits per heavy atom. The number of benzene rings is 1. The van der Waals surface area contributed by atoms with Crippen LogP contribution in [0.15, 0.2) is 36.9 Å². The molecule has 1 atom stereocenters. The molecule has 1 aromatic carbocycles. The van der Waals surface area contributed by atoms with Crippen LogP contribution in [0.25, 0.3) is 0 Å². The van der Waals surface area contributed by atoms with E-state index in [1.165, 1.54) is 0 Å². The number of nitrogens with two attached hydrogens (primary N) is 1. The van der Waals surface area contributed by atoms with Crippen molar-refractivity contribution >= 4 is 17.7 Å². The van der Waals surface area contributed by atoms with Crippen molar-refractivity contribution in [2.45, 2.75) is 13.0 Å². The lowest BCUT2D eigenvalue weighted by Crippen LogP contribution is -2.35. The van der Waals surface area contributed by atoms with Crippen LogP contribution in [0.5, 0.6) is 0 Å². The van der Waals surface area contributed by atoms with Crippen LogP contribution in [0.3, 0.4) is 0 Å². The van der Waals surface area contributed by atoms with Gasteiger partial charge in [-0.25, -0.2) is 0 Å². The fraction of sp³-hybridized carbons (Fsp3) is 0.357. The number of carbonyl (C=O) groups excluding carboxylic acids is 1. The standard InChI is InChI=1S/C14H20N2OS/c1-3-9-18-10-8-16-14(17)13(15)12-6-4-11(2)5-7-12/h3-7,13H,1,8-10,15H2,2H3,(H,16,17). The summed E-state index contributed by atoms with van der Waals surface area (Å²) in [6, 6.07) is 7.12. The second-order valence-electron chi connectivity index (χ2n) is 4.04. The molecule has 0 heterocycles. The number of carbonyl (C=O) groups is 1. The Balaban J connectivity index is 2.37. The number of hydrogen-bond donors (Lipinski definition) is 2. The van der Waals surface area contributed by atoms with Gasteiger partial charge in [-0.15, -0.1) is 6.58 Å². The molecule has 18 heavy (non-hydrogen) atoms. The second kappa shape index (κ2) is 7.95. The predicted octanol–water partition coefficient (Wildman–Crippen LogP) is 2.03. The number of amides is 1. The molecular formula is C14H20N2OS. The highest BCUT2D eigenvalue weighted by Gasteiger charge is 2.14. The van der Waals surface area contributed by atoms with Gasteiger partial charge in [0.25, 0.3) is 0 Å². The van der Waals surface area contributed by atoms with Crippen molar-refractivity contribution in [1.82, 2.24) is 5.32 Å². The zero-order valence-corrected chi connectivity index (χ0v) is 11.5. The Kier molecular flexibility index (Phi) is 6.54. The number of rotatable bonds is 7. The molecule has 0 saturated heterocycles. The van der Waals surface area contributed by atoms with Crippen LogP contribution in [0.1, 0.15) is 17.2 Å². The smallest absolute Gasteiger partial charge is 0.241 e. The molecule has 0 bridgehead atoms. The summed E-state index contributed by atoms with van der Waals surface area (Å²) >= 11 is 1.73. The minimum Gasteiger partial charge on any atom is -0.354 e. The molecule has 0 fully saturated rings. The van der Waals surface area contributed by atoms with Crippen molar-refractivity contribution in [1.29, 1.82) is 0 Å². The van der Waals surface area contributed by atoms with Crippen LogP contribution in [0.4, 0.5) is 0 Å². The van der Waals surface area contributed by atoms with Gasteiger partial charge in [0.1, 0.15) is 6.04 Å². The van der Waals surface area contributed by atoms with Crippen LogP contribution in [0.2, 0.25) is 0 Å². The van der Waals surface area contributed by atoms with Gasteiger partial charge in [0.2, 0.25) is 5.91 Å². The number of aryl methyl sites for hydroxylation is 1. The molecule has 0 aromatic heterocycles. The van der Waals surface area contributed by atoms with E-state index < -0.39 is 6.04 Å². The van der Waals surface area contributed by atoms with Crippen molar-refractivity contribution in [3.8, 4) is 0 Å². The van der Waals surface area contributed by atoms with Gasteiger partial charge in [0.05, 0.1) is 0 Å². The van der Waals surface area contributed by atoms with Crippen LogP contribution in [-0.2, 0) is 4.79 Å². The summed E-state index contributed by atoms with van der Waals surface area (Å²) in [5, 5.41) is 2.84. The first-order chi connectivity index (χ1) is 8.65. The normalized spacial score (nSPS) is 11.9. The van der Waals surface area contributed by atoms with Gasteiger partial charge in [-0.1, -0.05) is 35.9 Å². The molecule has 3 N–H and O–H groups in total. The topological polar surface area (TPSA) is 55.1 Å². The van der Waals surface area contributed by atoms with Gasteiger partial charge in [-0.05, 0) is 12.5 Å². The van der Waals surface area contributed by atoms with E-state index in [1.54, 1.807) is 11.8 Å². The zero-order chi connectivity index (χ0) is 13.4. The Hall–Kier alpha value is -1.26. The molecule has 98 valence electrons.